The number of anilines is 1. The van der Waals surface area contributed by atoms with Gasteiger partial charge in [0.1, 0.15) is 5.75 Å². The standard InChI is InChI=1S/C27H23F3N4O2/c28-27(29,30)20-7-8-25(33-15-20)36-22-13-19(23-9-11-32-24(23)14-22)12-17-3-5-18(6-4-17)26(35)34-21-2-1-10-31-16-21/h1-2,7-16,18,32H,3-6H2,(H,34,35). The van der Waals surface area contributed by atoms with E-state index in [0.717, 1.165) is 54.4 Å². The van der Waals surface area contributed by atoms with Gasteiger partial charge in [-0.25, -0.2) is 4.98 Å². The number of H-pyrrole nitrogens is 1. The average Bonchev–Trinajstić information content (AvgIpc) is 3.34. The second-order valence-electron chi connectivity index (χ2n) is 8.74. The van der Waals surface area contributed by atoms with Gasteiger partial charge in [0, 0.05) is 47.5 Å². The normalized spacial score (nSPS) is 16.1. The second kappa shape index (κ2) is 9.85. The van der Waals surface area contributed by atoms with Crippen LogP contribution < -0.4 is 10.1 Å². The molecule has 2 N–H and O–H groups in total. The topological polar surface area (TPSA) is 79.9 Å². The fourth-order valence-electron chi connectivity index (χ4n) is 4.37. The quantitative estimate of drug-likeness (QED) is 0.315. The van der Waals surface area contributed by atoms with Crippen molar-refractivity contribution in [2.24, 2.45) is 5.92 Å². The molecule has 1 fully saturated rings. The molecular formula is C27H23F3N4O2. The molecule has 1 aliphatic carbocycles. The lowest BCUT2D eigenvalue weighted by molar-refractivity contribution is -0.137. The van der Waals surface area contributed by atoms with Gasteiger partial charge in [0.15, 0.2) is 0 Å². The van der Waals surface area contributed by atoms with Crippen molar-refractivity contribution in [2.45, 2.75) is 31.9 Å². The zero-order valence-electron chi connectivity index (χ0n) is 19.2. The van der Waals surface area contributed by atoms with Crippen molar-refractivity contribution in [1.29, 1.82) is 0 Å². The molecule has 9 heteroatoms. The van der Waals surface area contributed by atoms with Crippen LogP contribution in [0.4, 0.5) is 18.9 Å². The summed E-state index contributed by atoms with van der Waals surface area (Å²) >= 11 is 0. The number of ether oxygens (including phenoxy) is 1. The molecule has 0 radical (unpaired) electrons. The smallest absolute Gasteiger partial charge is 0.417 e. The number of allylic oxidation sites excluding steroid dienone is 1. The number of rotatable bonds is 5. The van der Waals surface area contributed by atoms with E-state index >= 15 is 0 Å². The highest BCUT2D eigenvalue weighted by Crippen LogP contribution is 2.35. The molecule has 36 heavy (non-hydrogen) atoms. The Morgan fingerprint density at radius 1 is 1.11 bits per heavy atom. The average molecular weight is 493 g/mol. The number of carbonyl (C=O) groups excluding carboxylic acids is 1. The number of benzene rings is 1. The van der Waals surface area contributed by atoms with Gasteiger partial charge in [0.2, 0.25) is 11.8 Å². The Morgan fingerprint density at radius 3 is 2.64 bits per heavy atom. The minimum atomic E-state index is -4.45. The molecular weight excluding hydrogens is 469 g/mol. The number of halogens is 3. The molecule has 0 spiro atoms. The van der Waals surface area contributed by atoms with Crippen LogP contribution in [-0.2, 0) is 11.0 Å². The molecule has 0 aliphatic heterocycles. The predicted molar refractivity (Wildman–Crippen MR) is 130 cm³/mol. The third kappa shape index (κ3) is 5.40. The van der Waals surface area contributed by atoms with E-state index in [9.17, 15) is 18.0 Å². The number of aromatic nitrogens is 3. The zero-order chi connectivity index (χ0) is 25.1. The molecule has 1 aromatic carbocycles. The predicted octanol–water partition coefficient (Wildman–Crippen LogP) is 6.98. The Hall–Kier alpha value is -4.14. The highest BCUT2D eigenvalue weighted by atomic mass is 19.4. The fraction of sp³-hybridized carbons (Fsp3) is 0.222. The van der Waals surface area contributed by atoms with Gasteiger partial charge in [-0.2, -0.15) is 13.2 Å². The van der Waals surface area contributed by atoms with E-state index in [2.05, 4.69) is 26.3 Å². The minimum Gasteiger partial charge on any atom is -0.439 e. The number of pyridine rings is 2. The molecule has 0 atom stereocenters. The first-order valence-corrected chi connectivity index (χ1v) is 11.6. The molecule has 3 aromatic heterocycles. The Bertz CT molecular complexity index is 1390. The lowest BCUT2D eigenvalue weighted by Crippen LogP contribution is -2.25. The van der Waals surface area contributed by atoms with Crippen LogP contribution in [0.1, 0.15) is 36.8 Å². The van der Waals surface area contributed by atoms with Crippen LogP contribution >= 0.6 is 0 Å². The van der Waals surface area contributed by atoms with Crippen molar-refractivity contribution in [2.75, 3.05) is 5.32 Å². The maximum atomic E-state index is 12.8. The van der Waals surface area contributed by atoms with Crippen LogP contribution in [0.25, 0.3) is 17.0 Å². The highest BCUT2D eigenvalue weighted by molar-refractivity contribution is 5.93. The monoisotopic (exact) mass is 492 g/mol. The van der Waals surface area contributed by atoms with Crippen LogP contribution in [0.2, 0.25) is 0 Å². The van der Waals surface area contributed by atoms with E-state index in [1.165, 1.54) is 11.6 Å². The van der Waals surface area contributed by atoms with Crippen molar-refractivity contribution in [1.82, 2.24) is 15.0 Å². The van der Waals surface area contributed by atoms with Crippen molar-refractivity contribution in [3.05, 3.63) is 84.0 Å². The summed E-state index contributed by atoms with van der Waals surface area (Å²) in [6, 6.07) is 11.4. The van der Waals surface area contributed by atoms with Gasteiger partial charge in [-0.3, -0.25) is 9.78 Å². The summed E-state index contributed by atoms with van der Waals surface area (Å²) in [5.74, 6) is 0.491. The van der Waals surface area contributed by atoms with E-state index in [0.29, 0.717) is 11.4 Å². The highest BCUT2D eigenvalue weighted by Gasteiger charge is 2.30. The molecule has 1 amide bonds. The summed E-state index contributed by atoms with van der Waals surface area (Å²) in [5, 5.41) is 3.94. The summed E-state index contributed by atoms with van der Waals surface area (Å²) in [6.07, 6.45) is 6.62. The SMILES string of the molecule is O=C(Nc1cccnc1)C1CCC(=Cc2cc(Oc3ccc(C(F)(F)F)cn3)cc3[nH]ccc23)CC1. The Morgan fingerprint density at radius 2 is 1.94 bits per heavy atom. The maximum absolute atomic E-state index is 12.8. The molecule has 5 rings (SSSR count). The van der Waals surface area contributed by atoms with Crippen molar-refractivity contribution in [3.8, 4) is 11.6 Å². The molecule has 0 saturated heterocycles. The molecule has 6 nitrogen and oxygen atoms in total. The number of aromatic amines is 1. The van der Waals surface area contributed by atoms with Crippen LogP contribution in [0.15, 0.2) is 72.8 Å². The molecule has 0 bridgehead atoms. The number of nitrogens with one attached hydrogen (secondary N) is 2. The summed E-state index contributed by atoms with van der Waals surface area (Å²) in [4.78, 5) is 23.6. The van der Waals surface area contributed by atoms with Gasteiger partial charge in [-0.05, 0) is 61.6 Å². The summed E-state index contributed by atoms with van der Waals surface area (Å²) in [7, 11) is 0. The first-order chi connectivity index (χ1) is 17.3. The molecule has 4 aromatic rings. The molecule has 3 heterocycles. The zero-order valence-corrected chi connectivity index (χ0v) is 19.2. The van der Waals surface area contributed by atoms with Crippen LogP contribution in [0, 0.1) is 5.92 Å². The lowest BCUT2D eigenvalue weighted by atomic mass is 9.84. The van der Waals surface area contributed by atoms with Crippen molar-refractivity contribution in [3.63, 3.8) is 0 Å². The third-order valence-electron chi connectivity index (χ3n) is 6.25. The first kappa shape index (κ1) is 23.6. The number of alkyl halides is 3. The van der Waals surface area contributed by atoms with Crippen molar-refractivity contribution >= 4 is 28.6 Å². The summed E-state index contributed by atoms with van der Waals surface area (Å²) in [5.41, 5.74) is 2.87. The molecule has 1 saturated carbocycles. The van der Waals surface area contributed by atoms with Gasteiger partial charge in [-0.1, -0.05) is 11.6 Å². The number of hydrogen-bond acceptors (Lipinski definition) is 4. The molecule has 184 valence electrons. The van der Waals surface area contributed by atoms with E-state index in [-0.39, 0.29) is 17.7 Å². The Balaban J connectivity index is 1.29. The lowest BCUT2D eigenvalue weighted by Gasteiger charge is -2.23. The van der Waals surface area contributed by atoms with Crippen molar-refractivity contribution < 1.29 is 22.7 Å². The second-order valence-corrected chi connectivity index (χ2v) is 8.74. The van der Waals surface area contributed by atoms with E-state index in [1.807, 2.05) is 24.4 Å². The Labute approximate surface area is 205 Å². The number of carbonyl (C=O) groups is 1. The largest absolute Gasteiger partial charge is 0.439 e. The van der Waals surface area contributed by atoms with E-state index in [4.69, 9.17) is 4.74 Å². The first-order valence-electron chi connectivity index (χ1n) is 11.6. The maximum Gasteiger partial charge on any atom is 0.417 e. The van der Waals surface area contributed by atoms with Gasteiger partial charge in [0.05, 0.1) is 17.4 Å². The van der Waals surface area contributed by atoms with Crippen LogP contribution in [0.3, 0.4) is 0 Å². The van der Waals surface area contributed by atoms with E-state index < -0.39 is 11.7 Å². The number of fused-ring (bicyclic) bond motifs is 1. The molecule has 0 unspecified atom stereocenters. The van der Waals surface area contributed by atoms with Gasteiger partial charge in [-0.15, -0.1) is 0 Å². The Kier molecular flexibility index (Phi) is 6.45. The van der Waals surface area contributed by atoms with Gasteiger partial charge >= 0.3 is 6.18 Å². The van der Waals surface area contributed by atoms with Gasteiger partial charge < -0.3 is 15.0 Å². The van der Waals surface area contributed by atoms with Gasteiger partial charge in [0.25, 0.3) is 0 Å². The number of nitrogens with zero attached hydrogens (tertiary/aromatic N) is 2. The van der Waals surface area contributed by atoms with Crippen LogP contribution in [0.5, 0.6) is 11.6 Å². The minimum absolute atomic E-state index is 0.00881. The third-order valence-corrected chi connectivity index (χ3v) is 6.25. The molecule has 1 aliphatic rings. The fourth-order valence-corrected chi connectivity index (χ4v) is 4.37. The summed E-state index contributed by atoms with van der Waals surface area (Å²) < 4.78 is 44.2. The summed E-state index contributed by atoms with van der Waals surface area (Å²) in [6.45, 7) is 0. The number of hydrogen-bond donors (Lipinski definition) is 2. The van der Waals surface area contributed by atoms with E-state index in [1.54, 1.807) is 24.5 Å². The van der Waals surface area contributed by atoms with Crippen LogP contribution in [-0.4, -0.2) is 20.9 Å². The number of amides is 1.